The molecule has 0 amide bonds. The van der Waals surface area contributed by atoms with Gasteiger partial charge in [0.2, 0.25) is 17.5 Å². The van der Waals surface area contributed by atoms with E-state index in [2.05, 4.69) is 0 Å². The van der Waals surface area contributed by atoms with Gasteiger partial charge in [-0.2, -0.15) is 0 Å². The van der Waals surface area contributed by atoms with Crippen LogP contribution in [0.5, 0.6) is 23.0 Å². The maximum Gasteiger partial charge on any atom is 0.239 e. The molecule has 42 heavy (non-hydrogen) atoms. The van der Waals surface area contributed by atoms with Crippen LogP contribution in [-0.4, -0.2) is 119 Å². The molecule has 5 rings (SSSR count). The largest absolute Gasteiger partial charge is 0.508 e. The molecular formula is C26H28O16. The number of ether oxygens (including phenoxy) is 4. The van der Waals surface area contributed by atoms with Crippen LogP contribution in [0.3, 0.4) is 0 Å². The van der Waals surface area contributed by atoms with Gasteiger partial charge in [0.15, 0.2) is 18.3 Å². The Bertz CT molecular complexity index is 1470. The van der Waals surface area contributed by atoms with Gasteiger partial charge in [-0.1, -0.05) is 0 Å². The number of hydrogen-bond donors (Lipinski definition) is 10. The summed E-state index contributed by atoms with van der Waals surface area (Å²) in [6.07, 6.45) is -18.2. The molecule has 1 aromatic heterocycles. The zero-order valence-corrected chi connectivity index (χ0v) is 21.4. The predicted octanol–water partition coefficient (Wildman–Crippen LogP) is -2.46. The van der Waals surface area contributed by atoms with Gasteiger partial charge in [-0.15, -0.1) is 0 Å². The minimum atomic E-state index is -1.96. The van der Waals surface area contributed by atoms with E-state index in [-0.39, 0.29) is 22.7 Å². The van der Waals surface area contributed by atoms with Crippen LogP contribution in [0.1, 0.15) is 0 Å². The van der Waals surface area contributed by atoms with Gasteiger partial charge in [0.25, 0.3) is 0 Å². The first-order valence-corrected chi connectivity index (χ1v) is 12.5. The Labute approximate surface area is 235 Å². The third-order valence-corrected chi connectivity index (χ3v) is 6.92. The van der Waals surface area contributed by atoms with E-state index in [1.807, 2.05) is 0 Å². The second kappa shape index (κ2) is 11.6. The van der Waals surface area contributed by atoms with Crippen molar-refractivity contribution < 1.29 is 74.4 Å². The predicted molar refractivity (Wildman–Crippen MR) is 135 cm³/mol. The van der Waals surface area contributed by atoms with Gasteiger partial charge in [-0.3, -0.25) is 4.79 Å². The first-order valence-electron chi connectivity index (χ1n) is 12.5. The van der Waals surface area contributed by atoms with Crippen LogP contribution in [0, 0.1) is 0 Å². The molecule has 2 fully saturated rings. The van der Waals surface area contributed by atoms with E-state index in [4.69, 9.17) is 23.4 Å². The average Bonchev–Trinajstić information content (AvgIpc) is 2.95. The Kier molecular flexibility index (Phi) is 8.28. The molecule has 0 aliphatic carbocycles. The highest BCUT2D eigenvalue weighted by atomic mass is 16.8. The van der Waals surface area contributed by atoms with E-state index in [0.717, 1.165) is 12.1 Å². The maximum atomic E-state index is 13.5. The zero-order valence-electron chi connectivity index (χ0n) is 21.4. The molecule has 10 atom stereocenters. The minimum absolute atomic E-state index is 0.118. The Morgan fingerprint density at radius 3 is 2.05 bits per heavy atom. The highest BCUT2D eigenvalue weighted by Crippen LogP contribution is 2.37. The monoisotopic (exact) mass is 596 g/mol. The van der Waals surface area contributed by atoms with Crippen LogP contribution in [0.25, 0.3) is 22.3 Å². The van der Waals surface area contributed by atoms with Crippen LogP contribution in [0.4, 0.5) is 0 Å². The van der Waals surface area contributed by atoms with Crippen molar-refractivity contribution in [3.05, 3.63) is 46.6 Å². The summed E-state index contributed by atoms with van der Waals surface area (Å²) in [6.45, 7) is -0.681. The van der Waals surface area contributed by atoms with Gasteiger partial charge >= 0.3 is 0 Å². The van der Waals surface area contributed by atoms with Gasteiger partial charge < -0.3 is 74.4 Å². The summed E-state index contributed by atoms with van der Waals surface area (Å²) in [7, 11) is 0. The van der Waals surface area contributed by atoms with Crippen molar-refractivity contribution in [2.45, 2.75) is 61.6 Å². The van der Waals surface area contributed by atoms with E-state index in [1.165, 1.54) is 24.3 Å². The number of hydrogen-bond acceptors (Lipinski definition) is 16. The zero-order chi connectivity index (χ0) is 30.5. The third kappa shape index (κ3) is 5.48. The summed E-state index contributed by atoms with van der Waals surface area (Å²) >= 11 is 0. The normalized spacial score (nSPS) is 33.5. The number of fused-ring (bicyclic) bond motifs is 1. The first kappa shape index (κ1) is 29.9. The molecule has 3 aromatic rings. The molecule has 2 aliphatic heterocycles. The molecular weight excluding hydrogens is 568 g/mol. The smallest absolute Gasteiger partial charge is 0.239 e. The lowest BCUT2D eigenvalue weighted by Gasteiger charge is -2.42. The summed E-state index contributed by atoms with van der Waals surface area (Å²) in [6, 6.07) is 7.22. The Morgan fingerprint density at radius 1 is 0.714 bits per heavy atom. The van der Waals surface area contributed by atoms with Crippen molar-refractivity contribution >= 4 is 11.0 Å². The van der Waals surface area contributed by atoms with E-state index in [1.54, 1.807) is 0 Å². The Hall–Kier alpha value is -3.55. The summed E-state index contributed by atoms with van der Waals surface area (Å²) in [4.78, 5) is 13.5. The molecule has 2 aromatic carbocycles. The fourth-order valence-electron chi connectivity index (χ4n) is 4.60. The van der Waals surface area contributed by atoms with Gasteiger partial charge in [-0.25, -0.2) is 0 Å². The molecule has 2 aliphatic rings. The van der Waals surface area contributed by atoms with Crippen molar-refractivity contribution in [1.82, 2.24) is 0 Å². The Morgan fingerprint density at radius 2 is 1.36 bits per heavy atom. The first-order chi connectivity index (χ1) is 19.9. The highest BCUT2D eigenvalue weighted by molar-refractivity contribution is 5.88. The number of aromatic hydroxyl groups is 3. The van der Waals surface area contributed by atoms with E-state index >= 15 is 0 Å². The summed E-state index contributed by atoms with van der Waals surface area (Å²) in [5.41, 5.74) is -1.03. The number of rotatable bonds is 6. The van der Waals surface area contributed by atoms with E-state index in [9.17, 15) is 55.9 Å². The summed E-state index contributed by atoms with van der Waals surface area (Å²) in [5.74, 6) is -2.09. The molecule has 228 valence electrons. The topological polar surface area (TPSA) is 269 Å². The van der Waals surface area contributed by atoms with Crippen LogP contribution in [0.2, 0.25) is 0 Å². The van der Waals surface area contributed by atoms with Crippen molar-refractivity contribution in [2.24, 2.45) is 0 Å². The van der Waals surface area contributed by atoms with Gasteiger partial charge in [0, 0.05) is 17.7 Å². The summed E-state index contributed by atoms with van der Waals surface area (Å²) < 4.78 is 27.2. The molecule has 16 nitrogen and oxygen atoms in total. The van der Waals surface area contributed by atoms with Gasteiger partial charge in [0.1, 0.15) is 70.9 Å². The summed E-state index contributed by atoms with van der Waals surface area (Å²) in [5, 5.41) is 100. The number of phenols is 3. The molecule has 0 bridgehead atoms. The second-order valence-electron chi connectivity index (χ2n) is 9.81. The van der Waals surface area contributed by atoms with Crippen molar-refractivity contribution in [2.75, 3.05) is 6.61 Å². The molecule has 10 N–H and O–H groups in total. The fraction of sp³-hybridized carbons (Fsp3) is 0.423. The molecule has 0 saturated carbocycles. The van der Waals surface area contributed by atoms with Gasteiger partial charge in [-0.05, 0) is 24.3 Å². The number of aliphatic hydroxyl groups is 7. The lowest BCUT2D eigenvalue weighted by molar-refractivity contribution is -0.350. The molecule has 0 spiro atoms. The van der Waals surface area contributed by atoms with Crippen molar-refractivity contribution in [1.29, 1.82) is 0 Å². The molecule has 0 radical (unpaired) electrons. The SMILES string of the molecule is O=c1c(O[C@@H]2OC(CO[C@@H]3OC(O)[C@H](O)C(O)C3O)[C@H](O)C(O)C2O)c(-c2ccc(O)cc2)oc2cc(O)cc(O)c12. The molecule has 6 unspecified atom stereocenters. The second-order valence-corrected chi connectivity index (χ2v) is 9.81. The van der Waals surface area contributed by atoms with Crippen molar-refractivity contribution in [3.63, 3.8) is 0 Å². The molecule has 3 heterocycles. The van der Waals surface area contributed by atoms with Crippen molar-refractivity contribution in [3.8, 4) is 34.3 Å². The molecule has 16 heteroatoms. The van der Waals surface area contributed by atoms with E-state index in [0.29, 0.717) is 0 Å². The van der Waals surface area contributed by atoms with Crippen LogP contribution < -0.4 is 10.2 Å². The number of phenolic OH excluding ortho intramolecular Hbond substituents is 3. The highest BCUT2D eigenvalue weighted by Gasteiger charge is 2.48. The van der Waals surface area contributed by atoms with Crippen LogP contribution >= 0.6 is 0 Å². The fourth-order valence-corrected chi connectivity index (χ4v) is 4.60. The standard InChI is InChI=1S/C26H28O16/c27-9-3-1-8(2-4-9)22-23(16(31)14-11(29)5-10(28)6-12(14)39-22)41-26-21(36)17(32)15(30)13(40-26)7-38-25-20(35)18(33)19(34)24(37)42-25/h1-6,13,15,17-21,24-30,32-37H,7H2/t13?,15-,17?,18?,19+,20?,21?,24?,25+,26-/m0/s1. The third-order valence-electron chi connectivity index (χ3n) is 6.92. The molecule has 2 saturated heterocycles. The Balaban J connectivity index is 1.46. The van der Waals surface area contributed by atoms with Crippen LogP contribution in [-0.2, 0) is 14.2 Å². The van der Waals surface area contributed by atoms with Gasteiger partial charge in [0.05, 0.1) is 6.61 Å². The average molecular weight is 596 g/mol. The lowest BCUT2D eigenvalue weighted by atomic mass is 9.99. The van der Waals surface area contributed by atoms with E-state index < -0.39 is 96.3 Å². The maximum absolute atomic E-state index is 13.5. The lowest BCUT2D eigenvalue weighted by Crippen LogP contribution is -2.62. The quantitative estimate of drug-likeness (QED) is 0.141. The number of aliphatic hydroxyl groups excluding tert-OH is 7. The number of benzene rings is 2. The van der Waals surface area contributed by atoms with Crippen LogP contribution in [0.15, 0.2) is 45.6 Å². The minimum Gasteiger partial charge on any atom is -0.508 e.